The van der Waals surface area contributed by atoms with Gasteiger partial charge in [-0.15, -0.1) is 0 Å². The fourth-order valence-electron chi connectivity index (χ4n) is 3.54. The average molecular weight is 691 g/mol. The highest BCUT2D eigenvalue weighted by atomic mass is 79.9. The van der Waals surface area contributed by atoms with Crippen LogP contribution in [0.2, 0.25) is 0 Å². The summed E-state index contributed by atoms with van der Waals surface area (Å²) in [5, 5.41) is 7.76. The van der Waals surface area contributed by atoms with E-state index in [2.05, 4.69) is 63.2 Å². The largest absolute Gasteiger partial charge is 0.481 e. The number of hydrogen-bond donors (Lipinski definition) is 1. The molecule has 0 unspecified atom stereocenters. The first-order chi connectivity index (χ1) is 17.6. The third kappa shape index (κ3) is 6.55. The Morgan fingerprint density at radius 1 is 1.08 bits per heavy atom. The van der Waals surface area contributed by atoms with Crippen LogP contribution in [0.5, 0.6) is 5.75 Å². The highest BCUT2D eigenvalue weighted by Gasteiger charge is 2.15. The molecule has 0 saturated carbocycles. The van der Waals surface area contributed by atoms with E-state index >= 15 is 0 Å². The first-order valence-electron chi connectivity index (χ1n) is 11.4. The van der Waals surface area contributed by atoms with E-state index in [0.29, 0.717) is 42.7 Å². The molecule has 1 heterocycles. The number of fused-ring (bicyclic) bond motifs is 1. The predicted molar refractivity (Wildman–Crippen MR) is 158 cm³/mol. The number of nitrogens with zero attached hydrogens (tertiary/aromatic N) is 3. The number of aryl methyl sites for hydroxylation is 1. The number of nitrogens with one attached hydrogen (secondary N) is 1. The second-order valence-corrected chi connectivity index (χ2v) is 11.3. The molecule has 37 heavy (non-hydrogen) atoms. The van der Waals surface area contributed by atoms with Crippen LogP contribution in [0, 0.1) is 6.92 Å². The molecule has 0 aliphatic heterocycles. The topological polar surface area (TPSA) is 85.6 Å². The van der Waals surface area contributed by atoms with Crippen molar-refractivity contribution in [3.63, 3.8) is 0 Å². The van der Waals surface area contributed by atoms with Gasteiger partial charge in [0.05, 0.1) is 26.1 Å². The molecule has 0 aliphatic carbocycles. The van der Waals surface area contributed by atoms with E-state index in [4.69, 9.17) is 4.74 Å². The van der Waals surface area contributed by atoms with Gasteiger partial charge in [0.1, 0.15) is 11.6 Å². The van der Waals surface area contributed by atoms with Crippen LogP contribution in [0.3, 0.4) is 0 Å². The molecule has 0 saturated heterocycles. The summed E-state index contributed by atoms with van der Waals surface area (Å²) in [5.74, 6) is 0.754. The van der Waals surface area contributed by atoms with Crippen LogP contribution in [0.25, 0.3) is 10.9 Å². The lowest BCUT2D eigenvalue weighted by Gasteiger charge is -2.13. The van der Waals surface area contributed by atoms with E-state index in [0.717, 1.165) is 10.0 Å². The van der Waals surface area contributed by atoms with E-state index < -0.39 is 0 Å². The minimum absolute atomic E-state index is 0.0156. The molecule has 0 spiro atoms. The van der Waals surface area contributed by atoms with Crippen molar-refractivity contribution in [3.8, 4) is 5.75 Å². The fourth-order valence-corrected chi connectivity index (χ4v) is 5.35. The first-order valence-corrected chi connectivity index (χ1v) is 13.7. The molecule has 0 atom stereocenters. The molecule has 3 aromatic carbocycles. The molecule has 0 bridgehead atoms. The standard InChI is InChI=1S/C27H23Br3N4O3/c1-15(2)26-33-23-9-6-18(28)12-20(23)27(36)34(26)31-13-17-10-21(29)25(22(30)11-17)37-14-24(35)32-19-7-4-16(3)5-8-19/h4-13,15H,14H2,1-3H3,(H,32,35). The number of benzene rings is 3. The molecule has 0 fully saturated rings. The maximum atomic E-state index is 13.2. The van der Waals surface area contributed by atoms with Gasteiger partial charge in [0.2, 0.25) is 0 Å². The summed E-state index contributed by atoms with van der Waals surface area (Å²) in [7, 11) is 0. The zero-order valence-electron chi connectivity index (χ0n) is 20.3. The SMILES string of the molecule is Cc1ccc(NC(=O)COc2c(Br)cc(C=Nn3c(C(C)C)nc4ccc(Br)cc4c3=O)cc2Br)cc1. The maximum absolute atomic E-state index is 13.2. The van der Waals surface area contributed by atoms with Gasteiger partial charge in [0.15, 0.2) is 6.61 Å². The van der Waals surface area contributed by atoms with Crippen molar-refractivity contribution in [2.45, 2.75) is 26.7 Å². The first kappa shape index (κ1) is 27.2. The number of amides is 1. The number of rotatable bonds is 7. The predicted octanol–water partition coefficient (Wildman–Crippen LogP) is 7.02. The summed E-state index contributed by atoms with van der Waals surface area (Å²) >= 11 is 10.4. The lowest BCUT2D eigenvalue weighted by atomic mass is 10.2. The van der Waals surface area contributed by atoms with Crippen molar-refractivity contribution in [3.05, 3.63) is 95.3 Å². The van der Waals surface area contributed by atoms with E-state index in [1.807, 2.05) is 57.2 Å². The summed E-state index contributed by atoms with van der Waals surface area (Å²) in [4.78, 5) is 30.2. The summed E-state index contributed by atoms with van der Waals surface area (Å²) in [5.41, 5.74) is 2.91. The Morgan fingerprint density at radius 2 is 1.76 bits per heavy atom. The van der Waals surface area contributed by atoms with Crippen molar-refractivity contribution in [2.75, 3.05) is 11.9 Å². The van der Waals surface area contributed by atoms with Gasteiger partial charge in [-0.05, 0) is 86.8 Å². The lowest BCUT2D eigenvalue weighted by molar-refractivity contribution is -0.118. The van der Waals surface area contributed by atoms with Crippen LogP contribution in [-0.4, -0.2) is 28.4 Å². The summed E-state index contributed by atoms with van der Waals surface area (Å²) in [6, 6.07) is 16.5. The molecular formula is C27H23Br3N4O3. The van der Waals surface area contributed by atoms with Crippen LogP contribution in [0.15, 0.2) is 77.9 Å². The second kappa shape index (κ2) is 11.7. The van der Waals surface area contributed by atoms with Crippen molar-refractivity contribution in [1.29, 1.82) is 0 Å². The fraction of sp³-hybridized carbons (Fsp3) is 0.185. The van der Waals surface area contributed by atoms with Gasteiger partial charge in [-0.2, -0.15) is 9.78 Å². The van der Waals surface area contributed by atoms with E-state index in [1.165, 1.54) is 4.68 Å². The van der Waals surface area contributed by atoms with Crippen LogP contribution in [-0.2, 0) is 4.79 Å². The molecule has 190 valence electrons. The monoisotopic (exact) mass is 688 g/mol. The third-order valence-corrected chi connectivity index (χ3v) is 7.05. The van der Waals surface area contributed by atoms with Gasteiger partial charge in [-0.3, -0.25) is 9.59 Å². The average Bonchev–Trinajstić information content (AvgIpc) is 2.84. The molecule has 1 amide bonds. The second-order valence-electron chi connectivity index (χ2n) is 8.66. The van der Waals surface area contributed by atoms with E-state index in [1.54, 1.807) is 24.4 Å². The Morgan fingerprint density at radius 3 is 2.41 bits per heavy atom. The van der Waals surface area contributed by atoms with Gasteiger partial charge in [0, 0.05) is 16.1 Å². The zero-order valence-corrected chi connectivity index (χ0v) is 25.0. The minimum Gasteiger partial charge on any atom is -0.481 e. The Labute approximate surface area is 239 Å². The molecule has 7 nitrogen and oxygen atoms in total. The number of aromatic nitrogens is 2. The van der Waals surface area contributed by atoms with Gasteiger partial charge in [0.25, 0.3) is 11.5 Å². The normalized spacial score (nSPS) is 11.4. The van der Waals surface area contributed by atoms with Gasteiger partial charge < -0.3 is 10.1 Å². The van der Waals surface area contributed by atoms with E-state index in [9.17, 15) is 9.59 Å². The van der Waals surface area contributed by atoms with Crippen LogP contribution in [0.4, 0.5) is 5.69 Å². The van der Waals surface area contributed by atoms with Crippen LogP contribution in [0.1, 0.15) is 36.7 Å². The zero-order chi connectivity index (χ0) is 26.7. The summed E-state index contributed by atoms with van der Waals surface area (Å²) in [6.07, 6.45) is 1.59. The van der Waals surface area contributed by atoms with Crippen molar-refractivity contribution in [1.82, 2.24) is 9.66 Å². The van der Waals surface area contributed by atoms with Crippen LogP contribution < -0.4 is 15.6 Å². The highest BCUT2D eigenvalue weighted by molar-refractivity contribution is 9.11. The van der Waals surface area contributed by atoms with Gasteiger partial charge >= 0.3 is 0 Å². The lowest BCUT2D eigenvalue weighted by Crippen LogP contribution is -2.23. The highest BCUT2D eigenvalue weighted by Crippen LogP contribution is 2.34. The molecule has 10 heteroatoms. The Bertz CT molecular complexity index is 1540. The maximum Gasteiger partial charge on any atom is 0.282 e. The number of anilines is 1. The number of carbonyl (C=O) groups is 1. The van der Waals surface area contributed by atoms with Crippen molar-refractivity contribution in [2.24, 2.45) is 5.10 Å². The Hall–Kier alpha value is -2.82. The third-order valence-electron chi connectivity index (χ3n) is 5.38. The molecule has 4 rings (SSSR count). The number of carbonyl (C=O) groups excluding carboxylic acids is 1. The van der Waals surface area contributed by atoms with Crippen molar-refractivity contribution >= 4 is 76.5 Å². The van der Waals surface area contributed by atoms with Crippen molar-refractivity contribution < 1.29 is 9.53 Å². The number of hydrogen-bond acceptors (Lipinski definition) is 5. The minimum atomic E-state index is -0.274. The summed E-state index contributed by atoms with van der Waals surface area (Å²) in [6.45, 7) is 5.75. The Balaban J connectivity index is 1.55. The van der Waals surface area contributed by atoms with E-state index in [-0.39, 0.29) is 24.0 Å². The Kier molecular flexibility index (Phi) is 8.61. The molecule has 1 aromatic heterocycles. The molecule has 0 radical (unpaired) electrons. The van der Waals surface area contributed by atoms with Crippen LogP contribution >= 0.6 is 47.8 Å². The molecular weight excluding hydrogens is 668 g/mol. The summed E-state index contributed by atoms with van der Waals surface area (Å²) < 4.78 is 9.14. The van der Waals surface area contributed by atoms with Gasteiger partial charge in [-0.25, -0.2) is 4.98 Å². The smallest absolute Gasteiger partial charge is 0.282 e. The number of halogens is 3. The van der Waals surface area contributed by atoms with Gasteiger partial charge in [-0.1, -0.05) is 47.5 Å². The quantitative estimate of drug-likeness (QED) is 0.212. The molecule has 0 aliphatic rings. The molecule has 1 N–H and O–H groups in total. The number of ether oxygens (including phenoxy) is 1. The molecule has 4 aromatic rings.